The third-order valence-corrected chi connectivity index (χ3v) is 4.61. The molecule has 0 unspecified atom stereocenters. The Morgan fingerprint density at radius 1 is 1.04 bits per heavy atom. The molecule has 0 radical (unpaired) electrons. The van der Waals surface area contributed by atoms with Crippen molar-refractivity contribution in [3.05, 3.63) is 53.6 Å². The molecule has 0 bridgehead atoms. The van der Waals surface area contributed by atoms with Crippen molar-refractivity contribution >= 4 is 17.5 Å². The Balaban J connectivity index is 1.31. The number of amides is 2. The molecule has 1 saturated heterocycles. The maximum Gasteiger partial charge on any atom is 0.231 e. The van der Waals surface area contributed by atoms with E-state index in [1.807, 2.05) is 42.5 Å². The molecule has 4 rings (SSSR count). The van der Waals surface area contributed by atoms with Crippen LogP contribution in [0.25, 0.3) is 0 Å². The second-order valence-electron chi connectivity index (χ2n) is 6.46. The molecule has 2 aromatic rings. The van der Waals surface area contributed by atoms with Crippen LogP contribution in [-0.2, 0) is 22.6 Å². The summed E-state index contributed by atoms with van der Waals surface area (Å²) < 4.78 is 10.6. The van der Waals surface area contributed by atoms with Crippen LogP contribution in [0.5, 0.6) is 11.5 Å². The van der Waals surface area contributed by atoms with E-state index < -0.39 is 0 Å². The van der Waals surface area contributed by atoms with Crippen LogP contribution in [0.4, 0.5) is 5.69 Å². The number of benzene rings is 2. The van der Waals surface area contributed by atoms with E-state index in [-0.39, 0.29) is 18.6 Å². The number of carbonyl (C=O) groups is 2. The maximum atomic E-state index is 12.2. The first-order valence-corrected chi connectivity index (χ1v) is 8.73. The van der Waals surface area contributed by atoms with Gasteiger partial charge in [-0.15, -0.1) is 0 Å². The molecule has 0 atom stereocenters. The zero-order valence-corrected chi connectivity index (χ0v) is 14.4. The van der Waals surface area contributed by atoms with Crippen LogP contribution in [0, 0.1) is 0 Å². The first-order valence-electron chi connectivity index (χ1n) is 8.73. The van der Waals surface area contributed by atoms with Gasteiger partial charge in [-0.2, -0.15) is 0 Å². The number of nitrogens with zero attached hydrogens (tertiary/aromatic N) is 1. The smallest absolute Gasteiger partial charge is 0.231 e. The van der Waals surface area contributed by atoms with E-state index in [4.69, 9.17) is 9.47 Å². The van der Waals surface area contributed by atoms with Crippen molar-refractivity contribution in [1.29, 1.82) is 0 Å². The van der Waals surface area contributed by atoms with Gasteiger partial charge in [-0.25, -0.2) is 0 Å². The lowest BCUT2D eigenvalue weighted by Crippen LogP contribution is -2.25. The number of hydrogen-bond acceptors (Lipinski definition) is 4. The van der Waals surface area contributed by atoms with Crippen LogP contribution in [0.3, 0.4) is 0 Å². The summed E-state index contributed by atoms with van der Waals surface area (Å²) in [4.78, 5) is 25.7. The van der Waals surface area contributed by atoms with Gasteiger partial charge < -0.3 is 19.7 Å². The minimum Gasteiger partial charge on any atom is -0.454 e. The lowest BCUT2D eigenvalue weighted by molar-refractivity contribution is -0.120. The molecule has 0 spiro atoms. The molecule has 0 saturated carbocycles. The minimum absolute atomic E-state index is 0.0485. The summed E-state index contributed by atoms with van der Waals surface area (Å²) in [6, 6.07) is 13.3. The first-order chi connectivity index (χ1) is 12.7. The molecule has 134 valence electrons. The fourth-order valence-electron chi connectivity index (χ4n) is 3.21. The number of carbonyl (C=O) groups excluding carboxylic acids is 2. The second kappa shape index (κ2) is 7.07. The molecule has 6 nitrogen and oxygen atoms in total. The van der Waals surface area contributed by atoms with Crippen LogP contribution < -0.4 is 19.7 Å². The fraction of sp³-hybridized carbons (Fsp3) is 0.300. The predicted molar refractivity (Wildman–Crippen MR) is 96.1 cm³/mol. The van der Waals surface area contributed by atoms with Crippen molar-refractivity contribution in [2.75, 3.05) is 18.2 Å². The molecule has 1 N–H and O–H groups in total. The number of rotatable bonds is 5. The largest absolute Gasteiger partial charge is 0.454 e. The Kier molecular flexibility index (Phi) is 4.48. The molecule has 2 amide bonds. The Morgan fingerprint density at radius 2 is 1.81 bits per heavy atom. The van der Waals surface area contributed by atoms with E-state index in [9.17, 15) is 9.59 Å². The van der Waals surface area contributed by atoms with Crippen molar-refractivity contribution < 1.29 is 19.1 Å². The van der Waals surface area contributed by atoms with Gasteiger partial charge in [-0.3, -0.25) is 9.59 Å². The highest BCUT2D eigenvalue weighted by atomic mass is 16.7. The highest BCUT2D eigenvalue weighted by Gasteiger charge is 2.21. The van der Waals surface area contributed by atoms with Gasteiger partial charge in [0, 0.05) is 25.2 Å². The van der Waals surface area contributed by atoms with Gasteiger partial charge in [0.05, 0.1) is 6.42 Å². The van der Waals surface area contributed by atoms with Gasteiger partial charge >= 0.3 is 0 Å². The predicted octanol–water partition coefficient (Wildman–Crippen LogP) is 2.40. The Morgan fingerprint density at radius 3 is 2.58 bits per heavy atom. The lowest BCUT2D eigenvalue weighted by atomic mass is 10.1. The van der Waals surface area contributed by atoms with Gasteiger partial charge in [0.15, 0.2) is 11.5 Å². The summed E-state index contributed by atoms with van der Waals surface area (Å²) in [7, 11) is 0. The molecule has 2 aliphatic rings. The molecular formula is C20H20N2O4. The SMILES string of the molecule is O=C(Cc1ccc(N2CCCC2=O)cc1)NCc1ccc2c(c1)OCO2. The van der Waals surface area contributed by atoms with Gasteiger partial charge in [0.2, 0.25) is 18.6 Å². The third kappa shape index (κ3) is 3.49. The average Bonchev–Trinajstić information content (AvgIpc) is 3.29. The second-order valence-corrected chi connectivity index (χ2v) is 6.46. The van der Waals surface area contributed by atoms with E-state index in [1.54, 1.807) is 4.90 Å². The van der Waals surface area contributed by atoms with Gasteiger partial charge in [-0.1, -0.05) is 18.2 Å². The summed E-state index contributed by atoms with van der Waals surface area (Å²) >= 11 is 0. The molecule has 0 aliphatic carbocycles. The molecule has 6 heteroatoms. The Hall–Kier alpha value is -3.02. The average molecular weight is 352 g/mol. The Labute approximate surface area is 151 Å². The molecule has 2 heterocycles. The first kappa shape index (κ1) is 16.4. The summed E-state index contributed by atoms with van der Waals surface area (Å²) in [6.45, 7) is 1.45. The fourth-order valence-corrected chi connectivity index (χ4v) is 3.21. The zero-order chi connectivity index (χ0) is 17.9. The molecule has 0 aromatic heterocycles. The van der Waals surface area contributed by atoms with Crippen LogP contribution in [-0.4, -0.2) is 25.2 Å². The van der Waals surface area contributed by atoms with E-state index in [2.05, 4.69) is 5.32 Å². The summed E-state index contributed by atoms with van der Waals surface area (Å²) in [5.41, 5.74) is 2.78. The van der Waals surface area contributed by atoms with E-state index in [1.165, 1.54) is 0 Å². The van der Waals surface area contributed by atoms with Crippen LogP contribution >= 0.6 is 0 Å². The normalized spacial score (nSPS) is 15.4. The monoisotopic (exact) mass is 352 g/mol. The minimum atomic E-state index is -0.0485. The summed E-state index contributed by atoms with van der Waals surface area (Å²) in [5, 5.41) is 2.92. The van der Waals surface area contributed by atoms with E-state index >= 15 is 0 Å². The van der Waals surface area contributed by atoms with E-state index in [0.717, 1.165) is 35.5 Å². The highest BCUT2D eigenvalue weighted by molar-refractivity contribution is 5.95. The molecule has 26 heavy (non-hydrogen) atoms. The number of anilines is 1. The van der Waals surface area contributed by atoms with Crippen molar-refractivity contribution in [1.82, 2.24) is 5.32 Å². The lowest BCUT2D eigenvalue weighted by Gasteiger charge is -2.15. The molecule has 2 aromatic carbocycles. The van der Waals surface area contributed by atoms with Crippen molar-refractivity contribution in [3.8, 4) is 11.5 Å². The zero-order valence-electron chi connectivity index (χ0n) is 14.4. The summed E-state index contributed by atoms with van der Waals surface area (Å²) in [5.74, 6) is 1.56. The van der Waals surface area contributed by atoms with Crippen molar-refractivity contribution in [2.24, 2.45) is 0 Å². The Bertz CT molecular complexity index is 832. The van der Waals surface area contributed by atoms with Crippen molar-refractivity contribution in [3.63, 3.8) is 0 Å². The third-order valence-electron chi connectivity index (χ3n) is 4.61. The van der Waals surface area contributed by atoms with Gasteiger partial charge in [0.25, 0.3) is 0 Å². The maximum absolute atomic E-state index is 12.2. The summed E-state index contributed by atoms with van der Waals surface area (Å²) in [6.07, 6.45) is 1.83. The molecular weight excluding hydrogens is 332 g/mol. The van der Waals surface area contributed by atoms with E-state index in [0.29, 0.717) is 25.1 Å². The van der Waals surface area contributed by atoms with Crippen LogP contribution in [0.15, 0.2) is 42.5 Å². The number of ether oxygens (including phenoxy) is 2. The van der Waals surface area contributed by atoms with Gasteiger partial charge in [-0.05, 0) is 41.8 Å². The van der Waals surface area contributed by atoms with Crippen LogP contribution in [0.2, 0.25) is 0 Å². The molecule has 1 fully saturated rings. The number of hydrogen-bond donors (Lipinski definition) is 1. The van der Waals surface area contributed by atoms with Crippen LogP contribution in [0.1, 0.15) is 24.0 Å². The highest BCUT2D eigenvalue weighted by Crippen LogP contribution is 2.32. The van der Waals surface area contributed by atoms with Gasteiger partial charge in [0.1, 0.15) is 0 Å². The topological polar surface area (TPSA) is 67.9 Å². The quantitative estimate of drug-likeness (QED) is 0.897. The standard InChI is InChI=1S/C20H20N2O4/c23-19(21-12-15-5-8-17-18(10-15)26-13-25-17)11-14-3-6-16(7-4-14)22-9-1-2-20(22)24/h3-8,10H,1-2,9,11-13H2,(H,21,23). The number of nitrogens with one attached hydrogen (secondary N) is 1. The van der Waals surface area contributed by atoms with Crippen molar-refractivity contribution in [2.45, 2.75) is 25.8 Å². The molecule has 2 aliphatic heterocycles. The number of fused-ring (bicyclic) bond motifs is 1.